The molecule has 3 heterocycles. The average Bonchev–Trinajstić information content (AvgIpc) is 4.01. The van der Waals surface area contributed by atoms with Gasteiger partial charge in [-0.1, -0.05) is 142 Å². The van der Waals surface area contributed by atoms with Gasteiger partial charge in [-0.05, 0) is 93.4 Å². The lowest BCUT2D eigenvalue weighted by molar-refractivity contribution is 1.18. The lowest BCUT2D eigenvalue weighted by Crippen LogP contribution is -2.48. The van der Waals surface area contributed by atoms with Crippen molar-refractivity contribution in [3.8, 4) is 44.8 Å². The molecule has 3 aromatic heterocycles. The van der Waals surface area contributed by atoms with Gasteiger partial charge in [0, 0.05) is 58.7 Å². The number of benzene rings is 9. The van der Waals surface area contributed by atoms with Crippen LogP contribution in [0, 0.1) is 0 Å². The number of nitrogens with zero attached hydrogens (tertiary/aromatic N) is 2. The van der Waals surface area contributed by atoms with E-state index in [2.05, 4.69) is 228 Å². The Morgan fingerprint density at radius 1 is 0.328 bits per heavy atom. The van der Waals surface area contributed by atoms with Crippen LogP contribution < -0.4 is 38.2 Å². The zero-order chi connectivity index (χ0) is 43.5. The standard InChI is InChI=1S/C54H41B7N2S/c55-46-42(47(56)51(60)53-44(46)45-48(57)49(58)50(59)52(61)54(45)63(53)33-22-24-41-36(27-33)35-17-7-8-20-40(35)64-41)31-21-23-38-37(26-31)43-34(29-13-5-2-6-14-29)18-10-19-39(43)62(38)32-16-9-15-30(25-32)28-11-3-1-4-12-28/h1-27H,55-61H2. The van der Waals surface area contributed by atoms with Gasteiger partial charge >= 0.3 is 0 Å². The minimum Gasteiger partial charge on any atom is -0.310 e. The number of aromatic nitrogens is 2. The molecule has 0 N–H and O–H groups in total. The van der Waals surface area contributed by atoms with Crippen molar-refractivity contribution in [3.05, 3.63) is 164 Å². The van der Waals surface area contributed by atoms with Crippen LogP contribution in [0.25, 0.3) is 109 Å². The molecule has 9 aromatic carbocycles. The largest absolute Gasteiger partial charge is 0.310 e. The van der Waals surface area contributed by atoms with Crippen molar-refractivity contribution in [2.75, 3.05) is 0 Å². The lowest BCUT2D eigenvalue weighted by Gasteiger charge is -2.19. The summed E-state index contributed by atoms with van der Waals surface area (Å²) in [5, 5.41) is 7.91. The first-order chi connectivity index (χ1) is 31.2. The maximum Gasteiger partial charge on any atom is 0.141 e. The Kier molecular flexibility index (Phi) is 8.91. The molecule has 2 nitrogen and oxygen atoms in total. The van der Waals surface area contributed by atoms with Crippen molar-refractivity contribution in [1.29, 1.82) is 0 Å². The van der Waals surface area contributed by atoms with Gasteiger partial charge in [-0.2, -0.15) is 0 Å². The Balaban J connectivity index is 1.16. The molecule has 12 aromatic rings. The third-order valence-corrected chi connectivity index (χ3v) is 15.8. The first-order valence-corrected chi connectivity index (χ1v) is 23.3. The fourth-order valence-corrected chi connectivity index (χ4v) is 12.2. The second-order valence-corrected chi connectivity index (χ2v) is 18.9. The van der Waals surface area contributed by atoms with Gasteiger partial charge in [0.2, 0.25) is 0 Å². The Morgan fingerprint density at radius 2 is 0.953 bits per heavy atom. The average molecular weight is 826 g/mol. The van der Waals surface area contributed by atoms with Crippen LogP contribution in [0.15, 0.2) is 164 Å². The van der Waals surface area contributed by atoms with Gasteiger partial charge in [-0.3, -0.25) is 0 Å². The number of fused-ring (bicyclic) bond motifs is 9. The topological polar surface area (TPSA) is 9.86 Å². The van der Waals surface area contributed by atoms with Crippen LogP contribution >= 0.6 is 11.3 Å². The minimum atomic E-state index is 1.15. The zero-order valence-electron chi connectivity index (χ0n) is 37.4. The number of hydrogen-bond donors (Lipinski definition) is 0. The Morgan fingerprint density at radius 3 is 1.73 bits per heavy atom. The van der Waals surface area contributed by atoms with Gasteiger partial charge < -0.3 is 9.13 Å². The van der Waals surface area contributed by atoms with Crippen molar-refractivity contribution >= 4 is 168 Å². The van der Waals surface area contributed by atoms with Crippen LogP contribution in [0.4, 0.5) is 0 Å². The summed E-state index contributed by atoms with van der Waals surface area (Å²) < 4.78 is 7.74. The molecule has 0 saturated carbocycles. The van der Waals surface area contributed by atoms with Crippen molar-refractivity contribution < 1.29 is 0 Å². The van der Waals surface area contributed by atoms with Gasteiger partial charge in [0.05, 0.1) is 11.0 Å². The smallest absolute Gasteiger partial charge is 0.141 e. The maximum absolute atomic E-state index is 2.61. The molecule has 0 atom stereocenters. The van der Waals surface area contributed by atoms with Crippen molar-refractivity contribution in [3.63, 3.8) is 0 Å². The minimum absolute atomic E-state index is 1.15. The summed E-state index contributed by atoms with van der Waals surface area (Å²) in [7, 11) is 16.4. The fourth-order valence-electron chi connectivity index (χ4n) is 11.1. The second-order valence-electron chi connectivity index (χ2n) is 17.9. The van der Waals surface area contributed by atoms with Gasteiger partial charge in [-0.25, -0.2) is 0 Å². The molecule has 0 fully saturated rings. The van der Waals surface area contributed by atoms with E-state index in [1.807, 2.05) is 11.3 Å². The van der Waals surface area contributed by atoms with E-state index in [0.717, 1.165) is 5.69 Å². The predicted molar refractivity (Wildman–Crippen MR) is 302 cm³/mol. The quantitative estimate of drug-likeness (QED) is 0.237. The fraction of sp³-hybridized carbons (Fsp3) is 0. The van der Waals surface area contributed by atoms with E-state index in [4.69, 9.17) is 0 Å². The summed E-state index contributed by atoms with van der Waals surface area (Å²) in [4.78, 5) is 0. The van der Waals surface area contributed by atoms with E-state index in [1.165, 1.54) is 141 Å². The summed E-state index contributed by atoms with van der Waals surface area (Å²) in [6.07, 6.45) is 0. The molecule has 64 heavy (non-hydrogen) atoms. The molecule has 12 rings (SSSR count). The molecule has 0 spiro atoms. The molecule has 0 bridgehead atoms. The molecule has 0 aliphatic carbocycles. The van der Waals surface area contributed by atoms with Crippen molar-refractivity contribution in [2.45, 2.75) is 0 Å². The summed E-state index contributed by atoms with van der Waals surface area (Å²) in [5.74, 6) is 0. The van der Waals surface area contributed by atoms with Crippen LogP contribution in [0.3, 0.4) is 0 Å². The Labute approximate surface area is 383 Å². The van der Waals surface area contributed by atoms with Crippen LogP contribution in [0.5, 0.6) is 0 Å². The summed E-state index contributed by atoms with van der Waals surface area (Å²) in [5.41, 5.74) is 24.3. The highest BCUT2D eigenvalue weighted by molar-refractivity contribution is 7.25. The van der Waals surface area contributed by atoms with Crippen molar-refractivity contribution in [2.24, 2.45) is 0 Å². The molecular formula is C54H41B7N2S. The highest BCUT2D eigenvalue weighted by atomic mass is 32.1. The molecule has 0 amide bonds. The first-order valence-electron chi connectivity index (χ1n) is 22.4. The first kappa shape index (κ1) is 38.9. The summed E-state index contributed by atoms with van der Waals surface area (Å²) >= 11 is 1.88. The van der Waals surface area contributed by atoms with Crippen LogP contribution in [0.1, 0.15) is 0 Å². The molecule has 294 valence electrons. The van der Waals surface area contributed by atoms with E-state index in [-0.39, 0.29) is 0 Å². The lowest BCUT2D eigenvalue weighted by atomic mass is 9.64. The number of hydrogen-bond acceptors (Lipinski definition) is 1. The molecule has 0 radical (unpaired) electrons. The monoisotopic (exact) mass is 826 g/mol. The zero-order valence-corrected chi connectivity index (χ0v) is 38.2. The SMILES string of the molecule is Bc1c(B)c(B)c2c(c1B)c1c(B)c(-c3ccc4c(c3)c3c(-c5ccccc5)cccc3n4-c3cccc(-c4ccccc4)c3)c(B)c(B)c1n2-c1ccc2sc3ccccc3c2c1. The third-order valence-electron chi connectivity index (χ3n) is 14.6. The van der Waals surface area contributed by atoms with E-state index >= 15 is 0 Å². The Hall–Kier alpha value is -6.75. The number of rotatable bonds is 5. The van der Waals surface area contributed by atoms with Gasteiger partial charge in [-0.15, -0.1) is 16.8 Å². The van der Waals surface area contributed by atoms with Crippen LogP contribution in [-0.2, 0) is 0 Å². The van der Waals surface area contributed by atoms with E-state index in [0.29, 0.717) is 0 Å². The van der Waals surface area contributed by atoms with E-state index in [1.54, 1.807) is 0 Å². The molecular weight excluding hydrogens is 784 g/mol. The normalized spacial score (nSPS) is 11.9. The van der Waals surface area contributed by atoms with E-state index in [9.17, 15) is 0 Å². The maximum atomic E-state index is 2.61. The van der Waals surface area contributed by atoms with Gasteiger partial charge in [0.1, 0.15) is 54.9 Å². The molecule has 0 aliphatic heterocycles. The highest BCUT2D eigenvalue weighted by Gasteiger charge is 2.26. The van der Waals surface area contributed by atoms with Crippen LogP contribution in [-0.4, -0.2) is 64.1 Å². The summed E-state index contributed by atoms with van der Waals surface area (Å²) in [6, 6.07) is 60.6. The molecule has 0 aliphatic rings. The molecule has 0 unspecified atom stereocenters. The predicted octanol–water partition coefficient (Wildman–Crippen LogP) is 3.06. The van der Waals surface area contributed by atoms with Gasteiger partial charge in [0.25, 0.3) is 0 Å². The van der Waals surface area contributed by atoms with Gasteiger partial charge in [0.15, 0.2) is 0 Å². The second kappa shape index (κ2) is 14.7. The molecule has 10 heteroatoms. The third kappa shape index (κ3) is 5.61. The Bertz CT molecular complexity index is 3930. The molecule has 0 saturated heterocycles. The van der Waals surface area contributed by atoms with E-state index < -0.39 is 0 Å². The number of thiophene rings is 1. The van der Waals surface area contributed by atoms with Crippen molar-refractivity contribution in [1.82, 2.24) is 9.13 Å². The van der Waals surface area contributed by atoms with Crippen LogP contribution in [0.2, 0.25) is 0 Å². The summed E-state index contributed by atoms with van der Waals surface area (Å²) in [6.45, 7) is 0. The highest BCUT2D eigenvalue weighted by Crippen LogP contribution is 2.41.